The van der Waals surface area contributed by atoms with Crippen molar-refractivity contribution in [2.45, 2.75) is 6.92 Å². The number of amides is 1. The van der Waals surface area contributed by atoms with E-state index >= 15 is 0 Å². The smallest absolute Gasteiger partial charge is 0.359 e. The fourth-order valence-electron chi connectivity index (χ4n) is 3.28. The average Bonchev–Trinajstić information content (AvgIpc) is 3.27. The van der Waals surface area contributed by atoms with E-state index in [4.69, 9.17) is 25.8 Å². The summed E-state index contributed by atoms with van der Waals surface area (Å²) in [6, 6.07) is 13.3. The van der Waals surface area contributed by atoms with Crippen molar-refractivity contribution in [1.82, 2.24) is 9.78 Å². The van der Waals surface area contributed by atoms with Gasteiger partial charge in [0.25, 0.3) is 11.5 Å². The molecule has 1 N–H and O–H groups in total. The molecular formula is C24H20ClN3O6S. The van der Waals surface area contributed by atoms with Gasteiger partial charge in [0.05, 0.1) is 24.8 Å². The number of carbonyl (C=O) groups excluding carboxylic acids is 2. The molecule has 9 nitrogen and oxygen atoms in total. The summed E-state index contributed by atoms with van der Waals surface area (Å²) in [5.74, 6) is -0.134. The third-order valence-corrected chi connectivity index (χ3v) is 5.97. The molecule has 0 spiro atoms. The lowest BCUT2D eigenvalue weighted by Gasteiger charge is -2.10. The number of aromatic nitrogens is 2. The van der Waals surface area contributed by atoms with Crippen molar-refractivity contribution in [1.29, 1.82) is 0 Å². The summed E-state index contributed by atoms with van der Waals surface area (Å²) in [5, 5.41) is 9.58. The maximum Gasteiger partial charge on any atom is 0.359 e. The molecule has 2 aromatic heterocycles. The SMILES string of the molecule is CCOC(=O)c1nn(-c2cccc(Cl)c2)c(=O)c2c(NC(=O)COc3cccc(OC)c3)scc12. The molecule has 11 heteroatoms. The quantitative estimate of drug-likeness (QED) is 0.350. The number of carbonyl (C=O) groups is 2. The molecular weight excluding hydrogens is 494 g/mol. The Hall–Kier alpha value is -3.89. The van der Waals surface area contributed by atoms with Crippen molar-refractivity contribution in [3.8, 4) is 17.2 Å². The van der Waals surface area contributed by atoms with E-state index in [1.165, 1.54) is 7.11 Å². The molecule has 35 heavy (non-hydrogen) atoms. The van der Waals surface area contributed by atoms with Gasteiger partial charge in [-0.15, -0.1) is 11.3 Å². The van der Waals surface area contributed by atoms with Gasteiger partial charge in [-0.05, 0) is 37.3 Å². The number of methoxy groups -OCH3 is 1. The highest BCUT2D eigenvalue weighted by Gasteiger charge is 2.23. The van der Waals surface area contributed by atoms with E-state index in [2.05, 4.69) is 10.4 Å². The molecule has 0 radical (unpaired) electrons. The number of benzene rings is 2. The number of anilines is 1. The summed E-state index contributed by atoms with van der Waals surface area (Å²) in [5.41, 5.74) is -0.217. The predicted octanol–water partition coefficient (Wildman–Crippen LogP) is 4.30. The van der Waals surface area contributed by atoms with E-state index in [1.54, 1.807) is 60.8 Å². The first kappa shape index (κ1) is 24.2. The molecule has 0 saturated carbocycles. The second-order valence-corrected chi connectivity index (χ2v) is 8.45. The van der Waals surface area contributed by atoms with Crippen molar-refractivity contribution >= 4 is 50.6 Å². The van der Waals surface area contributed by atoms with Gasteiger partial charge in [-0.2, -0.15) is 9.78 Å². The highest BCUT2D eigenvalue weighted by Crippen LogP contribution is 2.31. The molecule has 1 amide bonds. The van der Waals surface area contributed by atoms with Crippen LogP contribution in [0.25, 0.3) is 16.5 Å². The van der Waals surface area contributed by atoms with Crippen LogP contribution >= 0.6 is 22.9 Å². The number of thiophene rings is 1. The molecule has 0 fully saturated rings. The molecule has 4 aromatic rings. The van der Waals surface area contributed by atoms with Crippen LogP contribution in [0, 0.1) is 0 Å². The van der Waals surface area contributed by atoms with Gasteiger partial charge in [-0.1, -0.05) is 23.7 Å². The summed E-state index contributed by atoms with van der Waals surface area (Å²) >= 11 is 7.18. The van der Waals surface area contributed by atoms with Crippen LogP contribution in [0.3, 0.4) is 0 Å². The number of rotatable bonds is 8. The number of esters is 1. The lowest BCUT2D eigenvalue weighted by Crippen LogP contribution is -2.26. The van der Waals surface area contributed by atoms with E-state index < -0.39 is 17.4 Å². The first-order valence-electron chi connectivity index (χ1n) is 10.5. The molecule has 180 valence electrons. The monoisotopic (exact) mass is 513 g/mol. The van der Waals surface area contributed by atoms with Crippen LogP contribution in [-0.4, -0.2) is 42.0 Å². The van der Waals surface area contributed by atoms with Gasteiger partial charge in [-0.3, -0.25) is 9.59 Å². The highest BCUT2D eigenvalue weighted by atomic mass is 35.5. The minimum Gasteiger partial charge on any atom is -0.497 e. The van der Waals surface area contributed by atoms with E-state index in [9.17, 15) is 14.4 Å². The molecule has 0 unspecified atom stereocenters. The van der Waals surface area contributed by atoms with Gasteiger partial charge in [-0.25, -0.2) is 4.79 Å². The third-order valence-electron chi connectivity index (χ3n) is 4.84. The summed E-state index contributed by atoms with van der Waals surface area (Å²) < 4.78 is 16.9. The zero-order valence-electron chi connectivity index (χ0n) is 18.7. The van der Waals surface area contributed by atoms with E-state index in [1.807, 2.05) is 0 Å². The van der Waals surface area contributed by atoms with Crippen LogP contribution in [0.2, 0.25) is 5.02 Å². The zero-order valence-corrected chi connectivity index (χ0v) is 20.3. The molecule has 0 aliphatic heterocycles. The third kappa shape index (κ3) is 5.28. The maximum absolute atomic E-state index is 13.4. The summed E-state index contributed by atoms with van der Waals surface area (Å²) in [6.07, 6.45) is 0. The first-order chi connectivity index (χ1) is 16.9. The van der Waals surface area contributed by atoms with E-state index in [0.29, 0.717) is 22.2 Å². The van der Waals surface area contributed by atoms with Gasteiger partial charge < -0.3 is 19.5 Å². The number of nitrogens with zero attached hydrogens (tertiary/aromatic N) is 2. The Morgan fingerprint density at radius 1 is 1.14 bits per heavy atom. The molecule has 2 heterocycles. The van der Waals surface area contributed by atoms with Crippen molar-refractivity contribution < 1.29 is 23.8 Å². The van der Waals surface area contributed by atoms with Crippen LogP contribution < -0.4 is 20.3 Å². The number of nitrogens with one attached hydrogen (secondary N) is 1. The number of hydrogen-bond donors (Lipinski definition) is 1. The lowest BCUT2D eigenvalue weighted by atomic mass is 10.2. The van der Waals surface area contributed by atoms with Crippen LogP contribution in [0.4, 0.5) is 5.00 Å². The fraction of sp³-hybridized carbons (Fsp3) is 0.167. The Morgan fingerprint density at radius 2 is 1.91 bits per heavy atom. The Bertz CT molecular complexity index is 1470. The second kappa shape index (κ2) is 10.6. The normalized spacial score (nSPS) is 10.7. The molecule has 2 aromatic carbocycles. The standard InChI is InChI=1S/C24H20ClN3O6S/c1-3-33-24(31)21-18-13-35-22(26-19(29)12-34-17-9-5-8-16(11-17)32-2)20(18)23(30)28(27-21)15-7-4-6-14(25)10-15/h4-11,13H,3,12H2,1-2H3,(H,26,29). The van der Waals surface area contributed by atoms with Gasteiger partial charge in [0, 0.05) is 21.9 Å². The number of halogens is 1. The van der Waals surface area contributed by atoms with Crippen molar-refractivity contribution in [2.75, 3.05) is 25.6 Å². The fourth-order valence-corrected chi connectivity index (χ4v) is 4.41. The van der Waals surface area contributed by atoms with Gasteiger partial charge >= 0.3 is 5.97 Å². The largest absolute Gasteiger partial charge is 0.497 e. The molecule has 0 saturated heterocycles. The van der Waals surface area contributed by atoms with Crippen LogP contribution in [0.5, 0.6) is 11.5 Å². The average molecular weight is 514 g/mol. The minimum absolute atomic E-state index is 0.0502. The molecule has 4 rings (SSSR count). The predicted molar refractivity (Wildman–Crippen MR) is 133 cm³/mol. The van der Waals surface area contributed by atoms with E-state index in [0.717, 1.165) is 16.0 Å². The van der Waals surface area contributed by atoms with Crippen LogP contribution in [0.1, 0.15) is 17.4 Å². The van der Waals surface area contributed by atoms with Gasteiger partial charge in [0.15, 0.2) is 12.3 Å². The summed E-state index contributed by atoms with van der Waals surface area (Å²) in [4.78, 5) is 38.6. The van der Waals surface area contributed by atoms with Gasteiger partial charge in [0.1, 0.15) is 16.5 Å². The van der Waals surface area contributed by atoms with Crippen LogP contribution in [-0.2, 0) is 9.53 Å². The number of ether oxygens (including phenoxy) is 3. The topological polar surface area (TPSA) is 109 Å². The Morgan fingerprint density at radius 3 is 2.66 bits per heavy atom. The van der Waals surface area contributed by atoms with Crippen molar-refractivity contribution in [2.24, 2.45) is 0 Å². The van der Waals surface area contributed by atoms with Gasteiger partial charge in [0.2, 0.25) is 0 Å². The first-order valence-corrected chi connectivity index (χ1v) is 11.7. The number of hydrogen-bond acceptors (Lipinski definition) is 8. The second-order valence-electron chi connectivity index (χ2n) is 7.14. The van der Waals surface area contributed by atoms with Crippen LogP contribution in [0.15, 0.2) is 58.7 Å². The van der Waals surface area contributed by atoms with Crippen molar-refractivity contribution in [3.63, 3.8) is 0 Å². The Balaban J connectivity index is 1.70. The van der Waals surface area contributed by atoms with E-state index in [-0.39, 0.29) is 34.7 Å². The summed E-state index contributed by atoms with van der Waals surface area (Å²) in [6.45, 7) is 1.50. The number of fused-ring (bicyclic) bond motifs is 1. The summed E-state index contributed by atoms with van der Waals surface area (Å²) in [7, 11) is 1.53. The Labute approximate surface area is 208 Å². The maximum atomic E-state index is 13.4. The lowest BCUT2D eigenvalue weighted by molar-refractivity contribution is -0.118. The Kier molecular flexibility index (Phi) is 7.33. The highest BCUT2D eigenvalue weighted by molar-refractivity contribution is 7.16. The molecule has 0 bridgehead atoms. The molecule has 0 aliphatic carbocycles. The van der Waals surface area contributed by atoms with Crippen molar-refractivity contribution in [3.05, 3.63) is 75.0 Å². The zero-order chi connectivity index (χ0) is 24.9. The molecule has 0 atom stereocenters. The minimum atomic E-state index is -0.690. The molecule has 0 aliphatic rings.